The molecule has 1 heterocycles. The van der Waals surface area contributed by atoms with Gasteiger partial charge in [-0.1, -0.05) is 6.07 Å². The molecule has 0 fully saturated rings. The third kappa shape index (κ3) is 4.05. The van der Waals surface area contributed by atoms with E-state index in [1.807, 2.05) is 0 Å². The van der Waals surface area contributed by atoms with Gasteiger partial charge in [0.05, 0.1) is 17.0 Å². The van der Waals surface area contributed by atoms with Gasteiger partial charge in [0.15, 0.2) is 12.5 Å². The molecule has 1 aliphatic rings. The Morgan fingerprint density at radius 3 is 2.34 bits per heavy atom. The van der Waals surface area contributed by atoms with Crippen LogP contribution in [0.1, 0.15) is 23.6 Å². The Labute approximate surface area is 164 Å². The van der Waals surface area contributed by atoms with Gasteiger partial charge in [0.2, 0.25) is 0 Å². The number of nitro groups is 1. The number of aryl methyl sites for hydroxylation is 1. The Hall–Kier alpha value is -3.43. The Kier molecular flexibility index (Phi) is 5.27. The van der Waals surface area contributed by atoms with Crippen molar-refractivity contribution in [2.45, 2.75) is 32.7 Å². The SMILES string of the molecule is CC1=NN(Cc2ccc([N+](=O)[O-])c(C)c2)C(C=O)N1c1ccc(C(F)(F)F)cc1. The van der Waals surface area contributed by atoms with E-state index < -0.39 is 22.8 Å². The normalized spacial score (nSPS) is 16.7. The van der Waals surface area contributed by atoms with Crippen LogP contribution in [-0.2, 0) is 17.5 Å². The van der Waals surface area contributed by atoms with Crippen molar-refractivity contribution in [2.24, 2.45) is 5.10 Å². The van der Waals surface area contributed by atoms with E-state index in [0.717, 1.165) is 12.1 Å². The van der Waals surface area contributed by atoms with Crippen molar-refractivity contribution in [3.63, 3.8) is 0 Å². The number of benzene rings is 2. The third-order valence-electron chi connectivity index (χ3n) is 4.59. The molecule has 1 unspecified atom stereocenters. The lowest BCUT2D eigenvalue weighted by atomic mass is 10.1. The first-order chi connectivity index (χ1) is 13.6. The van der Waals surface area contributed by atoms with Gasteiger partial charge in [-0.05, 0) is 49.7 Å². The molecule has 0 saturated carbocycles. The van der Waals surface area contributed by atoms with Crippen LogP contribution in [-0.4, -0.2) is 28.2 Å². The van der Waals surface area contributed by atoms with Crippen molar-refractivity contribution in [1.29, 1.82) is 0 Å². The number of carbonyl (C=O) groups is 1. The van der Waals surface area contributed by atoms with Gasteiger partial charge in [-0.3, -0.25) is 24.8 Å². The highest BCUT2D eigenvalue weighted by atomic mass is 19.4. The maximum absolute atomic E-state index is 12.8. The summed E-state index contributed by atoms with van der Waals surface area (Å²) in [7, 11) is 0. The maximum atomic E-state index is 12.8. The minimum Gasteiger partial charge on any atom is -0.300 e. The second-order valence-corrected chi connectivity index (χ2v) is 6.59. The molecule has 1 aliphatic heterocycles. The molecule has 1 atom stereocenters. The van der Waals surface area contributed by atoms with Crippen LogP contribution in [0.5, 0.6) is 0 Å². The molecule has 0 amide bonds. The fourth-order valence-corrected chi connectivity index (χ4v) is 3.24. The Bertz CT molecular complexity index is 974. The van der Waals surface area contributed by atoms with Gasteiger partial charge in [-0.15, -0.1) is 0 Å². The lowest BCUT2D eigenvalue weighted by Gasteiger charge is -2.27. The van der Waals surface area contributed by atoms with Crippen molar-refractivity contribution >= 4 is 23.5 Å². The van der Waals surface area contributed by atoms with Crippen LogP contribution in [0.3, 0.4) is 0 Å². The Morgan fingerprint density at radius 1 is 1.17 bits per heavy atom. The number of hydrogen-bond donors (Lipinski definition) is 0. The van der Waals surface area contributed by atoms with E-state index in [0.29, 0.717) is 28.9 Å². The number of alkyl halides is 3. The Morgan fingerprint density at radius 2 is 1.83 bits per heavy atom. The smallest absolute Gasteiger partial charge is 0.300 e. The van der Waals surface area contributed by atoms with Crippen LogP contribution < -0.4 is 4.90 Å². The monoisotopic (exact) mass is 406 g/mol. The summed E-state index contributed by atoms with van der Waals surface area (Å²) in [6.45, 7) is 3.47. The molecule has 0 spiro atoms. The van der Waals surface area contributed by atoms with E-state index in [1.165, 1.54) is 28.1 Å². The van der Waals surface area contributed by atoms with Crippen molar-refractivity contribution in [1.82, 2.24) is 5.01 Å². The zero-order valence-electron chi connectivity index (χ0n) is 15.6. The molecule has 0 aliphatic carbocycles. The highest BCUT2D eigenvalue weighted by Gasteiger charge is 2.34. The lowest BCUT2D eigenvalue weighted by molar-refractivity contribution is -0.385. The van der Waals surface area contributed by atoms with Crippen molar-refractivity contribution in [3.05, 3.63) is 69.3 Å². The number of hydrogen-bond acceptors (Lipinski definition) is 6. The molecule has 0 aromatic heterocycles. The van der Waals surface area contributed by atoms with Gasteiger partial charge < -0.3 is 0 Å². The van der Waals surface area contributed by atoms with Gasteiger partial charge in [0.1, 0.15) is 5.84 Å². The molecule has 0 radical (unpaired) electrons. The maximum Gasteiger partial charge on any atom is 0.416 e. The number of carbonyl (C=O) groups excluding carboxylic acids is 1. The topological polar surface area (TPSA) is 79.0 Å². The van der Waals surface area contributed by atoms with Gasteiger partial charge in [0.25, 0.3) is 5.69 Å². The molecule has 0 bridgehead atoms. The van der Waals surface area contributed by atoms with E-state index in [9.17, 15) is 28.1 Å². The summed E-state index contributed by atoms with van der Waals surface area (Å²) < 4.78 is 38.4. The summed E-state index contributed by atoms with van der Waals surface area (Å²) in [5, 5.41) is 16.8. The van der Waals surface area contributed by atoms with Crippen LogP contribution in [0.15, 0.2) is 47.6 Å². The molecular weight excluding hydrogens is 389 g/mol. The zero-order valence-corrected chi connectivity index (χ0v) is 15.6. The standard InChI is InChI=1S/C19H17F3N4O3/c1-12-9-14(3-8-17(12)26(28)29)10-24-18(11-27)25(13(2)23-24)16-6-4-15(5-7-16)19(20,21)22/h3-9,11,18H,10H2,1-2H3. The summed E-state index contributed by atoms with van der Waals surface area (Å²) in [4.78, 5) is 23.8. The largest absolute Gasteiger partial charge is 0.416 e. The van der Waals surface area contributed by atoms with Crippen LogP contribution in [0, 0.1) is 17.0 Å². The number of anilines is 1. The van der Waals surface area contributed by atoms with E-state index in [1.54, 1.807) is 26.0 Å². The fraction of sp³-hybridized carbons (Fsp3) is 0.263. The second kappa shape index (κ2) is 7.53. The second-order valence-electron chi connectivity index (χ2n) is 6.59. The molecule has 29 heavy (non-hydrogen) atoms. The molecule has 7 nitrogen and oxygen atoms in total. The number of halogens is 3. The van der Waals surface area contributed by atoms with E-state index in [-0.39, 0.29) is 12.2 Å². The van der Waals surface area contributed by atoms with Gasteiger partial charge in [-0.25, -0.2) is 0 Å². The number of nitrogens with zero attached hydrogens (tertiary/aromatic N) is 4. The van der Waals surface area contributed by atoms with Crippen molar-refractivity contribution in [3.8, 4) is 0 Å². The quantitative estimate of drug-likeness (QED) is 0.424. The van der Waals surface area contributed by atoms with Crippen LogP contribution in [0.4, 0.5) is 24.5 Å². The first-order valence-electron chi connectivity index (χ1n) is 8.59. The molecule has 10 heteroatoms. The summed E-state index contributed by atoms with van der Waals surface area (Å²) in [5.41, 5.74) is 0.809. The van der Waals surface area contributed by atoms with Gasteiger partial charge in [-0.2, -0.15) is 18.3 Å². The summed E-state index contributed by atoms with van der Waals surface area (Å²) >= 11 is 0. The number of hydrazone groups is 1. The van der Waals surface area contributed by atoms with Crippen LogP contribution >= 0.6 is 0 Å². The number of aldehydes is 1. The average molecular weight is 406 g/mol. The molecule has 0 saturated heterocycles. The third-order valence-corrected chi connectivity index (χ3v) is 4.59. The number of amidine groups is 1. The first-order valence-corrected chi connectivity index (χ1v) is 8.59. The predicted octanol–water partition coefficient (Wildman–Crippen LogP) is 4.10. The summed E-state index contributed by atoms with van der Waals surface area (Å²) in [6.07, 6.45) is -4.64. The fourth-order valence-electron chi connectivity index (χ4n) is 3.24. The molecular formula is C19H17F3N4O3. The van der Waals surface area contributed by atoms with Gasteiger partial charge >= 0.3 is 6.18 Å². The predicted molar refractivity (Wildman–Crippen MR) is 100 cm³/mol. The molecule has 3 rings (SSSR count). The molecule has 2 aromatic rings. The Balaban J connectivity index is 1.84. The van der Waals surface area contributed by atoms with Crippen molar-refractivity contribution in [2.75, 3.05) is 4.90 Å². The van der Waals surface area contributed by atoms with Crippen LogP contribution in [0.25, 0.3) is 0 Å². The average Bonchev–Trinajstić information content (AvgIpc) is 2.95. The molecule has 152 valence electrons. The van der Waals surface area contributed by atoms with Crippen LogP contribution in [0.2, 0.25) is 0 Å². The number of nitro benzene ring substituents is 1. The summed E-state index contributed by atoms with van der Waals surface area (Å²) in [6, 6.07) is 9.10. The van der Waals surface area contributed by atoms with E-state index in [4.69, 9.17) is 0 Å². The minimum absolute atomic E-state index is 0.00632. The molecule has 2 aromatic carbocycles. The lowest BCUT2D eigenvalue weighted by Crippen LogP contribution is -2.42. The zero-order chi connectivity index (χ0) is 21.3. The van der Waals surface area contributed by atoms with E-state index >= 15 is 0 Å². The number of rotatable bonds is 5. The summed E-state index contributed by atoms with van der Waals surface area (Å²) in [5.74, 6) is 0.445. The van der Waals surface area contributed by atoms with E-state index in [2.05, 4.69) is 5.10 Å². The highest BCUT2D eigenvalue weighted by molar-refractivity contribution is 6.00. The molecule has 0 N–H and O–H groups in total. The highest BCUT2D eigenvalue weighted by Crippen LogP contribution is 2.32. The van der Waals surface area contributed by atoms with Gasteiger partial charge in [0, 0.05) is 17.3 Å². The minimum atomic E-state index is -4.45. The van der Waals surface area contributed by atoms with Crippen molar-refractivity contribution < 1.29 is 22.9 Å². The first kappa shape index (κ1) is 20.3.